The minimum atomic E-state index is -0.233. The Morgan fingerprint density at radius 2 is 2.14 bits per heavy atom. The van der Waals surface area contributed by atoms with Gasteiger partial charge in [-0.2, -0.15) is 0 Å². The molecule has 0 saturated carbocycles. The quantitative estimate of drug-likeness (QED) is 0.900. The molecule has 0 bridgehead atoms. The second-order valence-electron chi connectivity index (χ2n) is 5.37. The first-order valence-electron chi connectivity index (χ1n) is 6.97. The van der Waals surface area contributed by atoms with E-state index in [9.17, 15) is 9.50 Å². The first-order chi connectivity index (χ1) is 10.2. The van der Waals surface area contributed by atoms with E-state index in [2.05, 4.69) is 15.9 Å². The first kappa shape index (κ1) is 14.5. The average Bonchev–Trinajstić information content (AvgIpc) is 2.86. The minimum absolute atomic E-state index is 0.0158. The van der Waals surface area contributed by atoms with Gasteiger partial charge in [-0.15, -0.1) is 0 Å². The molecule has 2 unspecified atom stereocenters. The molecule has 3 rings (SSSR count). The molecule has 0 spiro atoms. The minimum Gasteiger partial charge on any atom is -0.490 e. The van der Waals surface area contributed by atoms with E-state index in [1.54, 1.807) is 6.07 Å². The highest BCUT2D eigenvalue weighted by molar-refractivity contribution is 9.10. The lowest BCUT2D eigenvalue weighted by Crippen LogP contribution is -2.19. The maximum Gasteiger partial charge on any atom is 0.123 e. The zero-order valence-electron chi connectivity index (χ0n) is 11.4. The SMILES string of the molecule is OCC(CC1Cc2cc(F)ccc2O1)c1cccc(Br)c1. The van der Waals surface area contributed by atoms with E-state index in [1.165, 1.54) is 12.1 Å². The van der Waals surface area contributed by atoms with E-state index in [0.717, 1.165) is 21.3 Å². The Morgan fingerprint density at radius 3 is 2.90 bits per heavy atom. The third-order valence-corrected chi connectivity index (χ3v) is 4.34. The van der Waals surface area contributed by atoms with Gasteiger partial charge in [-0.25, -0.2) is 4.39 Å². The Labute approximate surface area is 131 Å². The van der Waals surface area contributed by atoms with Crippen molar-refractivity contribution in [2.75, 3.05) is 6.61 Å². The standard InChI is InChI=1S/C17H16BrFO2/c18-14-3-1-2-11(6-14)13(10-20)9-16-8-12-7-15(19)4-5-17(12)21-16/h1-7,13,16,20H,8-10H2. The smallest absolute Gasteiger partial charge is 0.123 e. The van der Waals surface area contributed by atoms with Crippen LogP contribution in [0.3, 0.4) is 0 Å². The number of aliphatic hydroxyl groups excluding tert-OH is 1. The van der Waals surface area contributed by atoms with Gasteiger partial charge in [0.1, 0.15) is 17.7 Å². The molecule has 0 aromatic heterocycles. The van der Waals surface area contributed by atoms with Crippen LogP contribution >= 0.6 is 15.9 Å². The molecule has 0 amide bonds. The molecular weight excluding hydrogens is 335 g/mol. The summed E-state index contributed by atoms with van der Waals surface area (Å²) in [6.07, 6.45) is 1.39. The lowest BCUT2D eigenvalue weighted by molar-refractivity contribution is 0.179. The van der Waals surface area contributed by atoms with Gasteiger partial charge in [0, 0.05) is 22.4 Å². The normalized spacial score (nSPS) is 18.1. The van der Waals surface area contributed by atoms with E-state index in [1.807, 2.05) is 24.3 Å². The van der Waals surface area contributed by atoms with Crippen molar-refractivity contribution >= 4 is 15.9 Å². The van der Waals surface area contributed by atoms with Crippen molar-refractivity contribution in [2.45, 2.75) is 24.9 Å². The number of fused-ring (bicyclic) bond motifs is 1. The van der Waals surface area contributed by atoms with Gasteiger partial charge in [0.25, 0.3) is 0 Å². The van der Waals surface area contributed by atoms with Crippen molar-refractivity contribution in [1.29, 1.82) is 0 Å². The van der Waals surface area contributed by atoms with Crippen LogP contribution < -0.4 is 4.74 Å². The number of halogens is 2. The van der Waals surface area contributed by atoms with Gasteiger partial charge in [0.2, 0.25) is 0 Å². The maximum absolute atomic E-state index is 13.2. The molecule has 0 saturated heterocycles. The van der Waals surface area contributed by atoms with Crippen molar-refractivity contribution in [1.82, 2.24) is 0 Å². The molecule has 1 heterocycles. The zero-order valence-corrected chi connectivity index (χ0v) is 13.0. The number of benzene rings is 2. The van der Waals surface area contributed by atoms with E-state index >= 15 is 0 Å². The molecule has 1 aliphatic rings. The summed E-state index contributed by atoms with van der Waals surface area (Å²) in [7, 11) is 0. The summed E-state index contributed by atoms with van der Waals surface area (Å²) in [4.78, 5) is 0. The summed E-state index contributed by atoms with van der Waals surface area (Å²) in [6.45, 7) is 0.0705. The molecule has 0 aliphatic carbocycles. The van der Waals surface area contributed by atoms with E-state index in [0.29, 0.717) is 12.8 Å². The van der Waals surface area contributed by atoms with Crippen LogP contribution in [0.2, 0.25) is 0 Å². The summed E-state index contributed by atoms with van der Waals surface area (Å²) in [5.41, 5.74) is 1.99. The molecule has 0 fully saturated rings. The van der Waals surface area contributed by atoms with Crippen molar-refractivity contribution < 1.29 is 14.2 Å². The largest absolute Gasteiger partial charge is 0.490 e. The highest BCUT2D eigenvalue weighted by Gasteiger charge is 2.26. The molecule has 1 N–H and O–H groups in total. The molecule has 4 heteroatoms. The Kier molecular flexibility index (Phi) is 4.27. The van der Waals surface area contributed by atoms with Crippen LogP contribution in [0.1, 0.15) is 23.5 Å². The molecule has 0 radical (unpaired) electrons. The van der Waals surface area contributed by atoms with E-state index in [4.69, 9.17) is 4.74 Å². The maximum atomic E-state index is 13.2. The zero-order chi connectivity index (χ0) is 14.8. The molecule has 2 atom stereocenters. The third kappa shape index (κ3) is 3.27. The highest BCUT2D eigenvalue weighted by atomic mass is 79.9. The van der Waals surface area contributed by atoms with Gasteiger partial charge < -0.3 is 9.84 Å². The number of aliphatic hydroxyl groups is 1. The molecule has 2 aromatic rings. The fourth-order valence-corrected chi connectivity index (χ4v) is 3.23. The Morgan fingerprint density at radius 1 is 1.29 bits per heavy atom. The molecule has 110 valence electrons. The van der Waals surface area contributed by atoms with Crippen LogP contribution in [-0.4, -0.2) is 17.8 Å². The molecule has 2 nitrogen and oxygen atoms in total. The molecule has 1 aliphatic heterocycles. The van der Waals surface area contributed by atoms with Crippen LogP contribution in [0.15, 0.2) is 46.9 Å². The monoisotopic (exact) mass is 350 g/mol. The van der Waals surface area contributed by atoms with Crippen molar-refractivity contribution in [3.63, 3.8) is 0 Å². The predicted molar refractivity (Wildman–Crippen MR) is 83.1 cm³/mol. The molecule has 21 heavy (non-hydrogen) atoms. The van der Waals surface area contributed by atoms with Gasteiger partial charge in [0.05, 0.1) is 6.61 Å². The molecule has 2 aromatic carbocycles. The van der Waals surface area contributed by atoms with Crippen molar-refractivity contribution in [2.24, 2.45) is 0 Å². The van der Waals surface area contributed by atoms with Gasteiger partial charge >= 0.3 is 0 Å². The number of hydrogen-bond donors (Lipinski definition) is 1. The second-order valence-corrected chi connectivity index (χ2v) is 6.28. The number of rotatable bonds is 4. The topological polar surface area (TPSA) is 29.5 Å². The number of ether oxygens (including phenoxy) is 1. The molecular formula is C17H16BrFO2. The number of hydrogen-bond acceptors (Lipinski definition) is 2. The van der Waals surface area contributed by atoms with Gasteiger partial charge in [-0.1, -0.05) is 28.1 Å². The Bertz CT molecular complexity index is 644. The third-order valence-electron chi connectivity index (χ3n) is 3.85. The predicted octanol–water partition coefficient (Wildman–Crippen LogP) is 4.06. The summed E-state index contributed by atoms with van der Waals surface area (Å²) in [5.74, 6) is 0.544. The van der Waals surface area contributed by atoms with Gasteiger partial charge in [-0.05, 0) is 42.3 Å². The van der Waals surface area contributed by atoms with E-state index in [-0.39, 0.29) is 24.4 Å². The van der Waals surface area contributed by atoms with E-state index < -0.39 is 0 Å². The Balaban J connectivity index is 1.72. The summed E-state index contributed by atoms with van der Waals surface area (Å²) in [6, 6.07) is 12.6. The second kappa shape index (κ2) is 6.16. The van der Waals surface area contributed by atoms with Crippen molar-refractivity contribution in [3.05, 3.63) is 63.9 Å². The van der Waals surface area contributed by atoms with Crippen LogP contribution in [0, 0.1) is 5.82 Å². The fraction of sp³-hybridized carbons (Fsp3) is 0.294. The lowest BCUT2D eigenvalue weighted by Gasteiger charge is -2.19. The average molecular weight is 351 g/mol. The lowest BCUT2D eigenvalue weighted by atomic mass is 9.92. The van der Waals surface area contributed by atoms with Gasteiger partial charge in [0.15, 0.2) is 0 Å². The Hall–Kier alpha value is -1.39. The summed E-state index contributed by atoms with van der Waals surface area (Å²) >= 11 is 3.45. The summed E-state index contributed by atoms with van der Waals surface area (Å²) < 4.78 is 20.1. The van der Waals surface area contributed by atoms with Crippen LogP contribution in [-0.2, 0) is 6.42 Å². The van der Waals surface area contributed by atoms with Gasteiger partial charge in [-0.3, -0.25) is 0 Å². The summed E-state index contributed by atoms with van der Waals surface area (Å²) in [5, 5.41) is 9.66. The van der Waals surface area contributed by atoms with Crippen molar-refractivity contribution in [3.8, 4) is 5.75 Å². The fourth-order valence-electron chi connectivity index (χ4n) is 2.81. The van der Waals surface area contributed by atoms with Crippen LogP contribution in [0.25, 0.3) is 0 Å². The highest BCUT2D eigenvalue weighted by Crippen LogP contribution is 2.34. The van der Waals surface area contributed by atoms with Crippen LogP contribution in [0.4, 0.5) is 4.39 Å². The first-order valence-corrected chi connectivity index (χ1v) is 7.76. The van der Waals surface area contributed by atoms with Crippen LogP contribution in [0.5, 0.6) is 5.75 Å².